The van der Waals surface area contributed by atoms with Crippen LogP contribution in [0, 0.1) is 0 Å². The van der Waals surface area contributed by atoms with E-state index in [1.54, 1.807) is 4.90 Å². The third-order valence-electron chi connectivity index (χ3n) is 2.70. The van der Waals surface area contributed by atoms with E-state index in [1.165, 1.54) is 0 Å². The largest absolute Gasteiger partial charge is 0.480 e. The van der Waals surface area contributed by atoms with Crippen molar-refractivity contribution in [1.82, 2.24) is 4.90 Å². The first-order valence-corrected chi connectivity index (χ1v) is 5.45. The summed E-state index contributed by atoms with van der Waals surface area (Å²) in [6.07, 6.45) is 1.47. The molecule has 1 amide bonds. The zero-order chi connectivity index (χ0) is 12.1. The molecule has 1 aliphatic rings. The molecule has 1 fully saturated rings. The number of hydrogen-bond donors (Lipinski definition) is 3. The maximum Gasteiger partial charge on any atom is 0.320 e. The van der Waals surface area contributed by atoms with E-state index < -0.39 is 18.1 Å². The number of nitrogens with two attached hydrogens (primary N) is 1. The van der Waals surface area contributed by atoms with Gasteiger partial charge in [0.2, 0.25) is 5.91 Å². The summed E-state index contributed by atoms with van der Waals surface area (Å²) in [5, 5.41) is 17.8. The minimum atomic E-state index is -0.993. The number of unbranched alkanes of at least 4 members (excludes halogenated alkanes) is 1. The van der Waals surface area contributed by atoms with Gasteiger partial charge in [-0.1, -0.05) is 0 Å². The van der Waals surface area contributed by atoms with E-state index in [1.807, 2.05) is 0 Å². The summed E-state index contributed by atoms with van der Waals surface area (Å²) in [5.74, 6) is -1.03. The van der Waals surface area contributed by atoms with Crippen LogP contribution in [0.15, 0.2) is 0 Å². The molecule has 0 aliphatic carbocycles. The summed E-state index contributed by atoms with van der Waals surface area (Å²) < 4.78 is 0. The van der Waals surface area contributed by atoms with Gasteiger partial charge < -0.3 is 20.8 Å². The van der Waals surface area contributed by atoms with E-state index in [-0.39, 0.29) is 12.3 Å². The van der Waals surface area contributed by atoms with Gasteiger partial charge in [-0.05, 0) is 19.3 Å². The second kappa shape index (κ2) is 5.81. The third-order valence-corrected chi connectivity index (χ3v) is 2.70. The zero-order valence-electron chi connectivity index (χ0n) is 9.13. The van der Waals surface area contributed by atoms with Crippen molar-refractivity contribution in [2.75, 3.05) is 13.1 Å². The number of hydrogen-bond acceptors (Lipinski definition) is 4. The molecular formula is C10H18N2O4. The molecular weight excluding hydrogens is 212 g/mol. The highest BCUT2D eigenvalue weighted by atomic mass is 16.4. The van der Waals surface area contributed by atoms with Crippen LogP contribution in [0.25, 0.3) is 0 Å². The third kappa shape index (κ3) is 3.79. The van der Waals surface area contributed by atoms with Gasteiger partial charge in [-0.15, -0.1) is 0 Å². The Labute approximate surface area is 94.0 Å². The van der Waals surface area contributed by atoms with Crippen molar-refractivity contribution in [2.24, 2.45) is 5.73 Å². The minimum absolute atomic E-state index is 0.0324. The fourth-order valence-corrected chi connectivity index (χ4v) is 1.76. The number of carbonyl (C=O) groups excluding carboxylic acids is 1. The molecule has 1 rings (SSSR count). The fourth-order valence-electron chi connectivity index (χ4n) is 1.76. The molecule has 0 bridgehead atoms. The van der Waals surface area contributed by atoms with Crippen molar-refractivity contribution in [3.8, 4) is 0 Å². The first kappa shape index (κ1) is 12.9. The minimum Gasteiger partial charge on any atom is -0.480 e. The topological polar surface area (TPSA) is 104 Å². The summed E-state index contributed by atoms with van der Waals surface area (Å²) in [7, 11) is 0. The number of carbonyl (C=O) groups is 2. The Hall–Kier alpha value is -1.14. The average molecular weight is 230 g/mol. The molecule has 1 saturated heterocycles. The highest BCUT2D eigenvalue weighted by Gasteiger charge is 2.27. The molecule has 2 atom stereocenters. The van der Waals surface area contributed by atoms with Crippen molar-refractivity contribution in [2.45, 2.75) is 37.8 Å². The number of carboxylic acids is 1. The quantitative estimate of drug-likeness (QED) is 0.516. The molecule has 2 unspecified atom stereocenters. The normalized spacial score (nSPS) is 22.5. The Morgan fingerprint density at radius 1 is 1.56 bits per heavy atom. The lowest BCUT2D eigenvalue weighted by molar-refractivity contribution is -0.138. The summed E-state index contributed by atoms with van der Waals surface area (Å²) in [5.41, 5.74) is 5.34. The van der Waals surface area contributed by atoms with E-state index in [4.69, 9.17) is 10.8 Å². The Morgan fingerprint density at radius 2 is 2.25 bits per heavy atom. The monoisotopic (exact) mass is 230 g/mol. The van der Waals surface area contributed by atoms with Crippen LogP contribution in [0.1, 0.15) is 25.7 Å². The van der Waals surface area contributed by atoms with Crippen molar-refractivity contribution >= 4 is 11.9 Å². The maximum atomic E-state index is 11.3. The number of aliphatic carboxylic acids is 1. The van der Waals surface area contributed by atoms with Crippen molar-refractivity contribution in [1.29, 1.82) is 0 Å². The van der Waals surface area contributed by atoms with Gasteiger partial charge in [-0.3, -0.25) is 9.59 Å². The van der Waals surface area contributed by atoms with Crippen LogP contribution >= 0.6 is 0 Å². The molecule has 0 saturated carbocycles. The lowest BCUT2D eigenvalue weighted by atomic mass is 10.1. The fraction of sp³-hybridized carbons (Fsp3) is 0.800. The molecule has 0 aromatic heterocycles. The van der Waals surface area contributed by atoms with E-state index in [9.17, 15) is 14.7 Å². The van der Waals surface area contributed by atoms with E-state index in [2.05, 4.69) is 0 Å². The number of aliphatic hydroxyl groups is 1. The van der Waals surface area contributed by atoms with Gasteiger partial charge in [0.25, 0.3) is 0 Å². The predicted octanol–water partition coefficient (Wildman–Crippen LogP) is -0.838. The molecule has 92 valence electrons. The number of amides is 1. The maximum absolute atomic E-state index is 11.3. The highest BCUT2D eigenvalue weighted by Crippen LogP contribution is 2.12. The lowest BCUT2D eigenvalue weighted by Gasteiger charge is -2.15. The first-order valence-electron chi connectivity index (χ1n) is 5.45. The van der Waals surface area contributed by atoms with Crippen molar-refractivity contribution in [3.05, 3.63) is 0 Å². The molecule has 0 spiro atoms. The summed E-state index contributed by atoms with van der Waals surface area (Å²) in [6.45, 7) is 0.964. The van der Waals surface area contributed by atoms with E-state index in [0.29, 0.717) is 25.9 Å². The van der Waals surface area contributed by atoms with Crippen LogP contribution in [-0.2, 0) is 9.59 Å². The van der Waals surface area contributed by atoms with Crippen LogP contribution < -0.4 is 5.73 Å². The average Bonchev–Trinajstić information content (AvgIpc) is 2.51. The number of carboxylic acid groups (broad SMARTS) is 1. The second-order valence-electron chi connectivity index (χ2n) is 4.14. The Bertz CT molecular complexity index is 270. The van der Waals surface area contributed by atoms with Crippen molar-refractivity contribution < 1.29 is 19.8 Å². The molecule has 0 aromatic carbocycles. The van der Waals surface area contributed by atoms with E-state index in [0.717, 1.165) is 6.42 Å². The van der Waals surface area contributed by atoms with Crippen LogP contribution in [0.2, 0.25) is 0 Å². The highest BCUT2D eigenvalue weighted by molar-refractivity contribution is 5.78. The first-order chi connectivity index (χ1) is 7.50. The molecule has 6 heteroatoms. The van der Waals surface area contributed by atoms with Crippen LogP contribution in [0.4, 0.5) is 0 Å². The van der Waals surface area contributed by atoms with Gasteiger partial charge in [-0.25, -0.2) is 0 Å². The zero-order valence-corrected chi connectivity index (χ0v) is 9.13. The summed E-state index contributed by atoms with van der Waals surface area (Å²) in [6, 6.07) is -0.820. The van der Waals surface area contributed by atoms with Gasteiger partial charge in [0.1, 0.15) is 6.04 Å². The molecule has 6 nitrogen and oxygen atoms in total. The lowest BCUT2D eigenvalue weighted by Crippen LogP contribution is -2.30. The van der Waals surface area contributed by atoms with Crippen LogP contribution in [0.5, 0.6) is 0 Å². The Balaban J connectivity index is 2.12. The van der Waals surface area contributed by atoms with Gasteiger partial charge in [0.05, 0.1) is 12.5 Å². The Kier molecular flexibility index (Phi) is 4.70. The SMILES string of the molecule is NC(CCCCN1CC(O)CC1=O)C(=O)O. The predicted molar refractivity (Wildman–Crippen MR) is 56.7 cm³/mol. The molecule has 0 aromatic rings. The molecule has 4 N–H and O–H groups in total. The number of aliphatic hydroxyl groups excluding tert-OH is 1. The second-order valence-corrected chi connectivity index (χ2v) is 4.14. The number of β-amino-alcohol motifs (C(OH)–C–C–N with tert-alkyl or cyclic N) is 1. The van der Waals surface area contributed by atoms with Gasteiger partial charge in [0.15, 0.2) is 0 Å². The molecule has 16 heavy (non-hydrogen) atoms. The number of nitrogens with zero attached hydrogens (tertiary/aromatic N) is 1. The number of likely N-dealkylation sites (tertiary alicyclic amines) is 1. The van der Waals surface area contributed by atoms with Gasteiger partial charge in [0, 0.05) is 13.1 Å². The van der Waals surface area contributed by atoms with Gasteiger partial charge in [-0.2, -0.15) is 0 Å². The van der Waals surface area contributed by atoms with Crippen LogP contribution in [0.3, 0.4) is 0 Å². The number of rotatable bonds is 6. The standard InChI is InChI=1S/C10H18N2O4/c11-8(10(15)16)3-1-2-4-12-6-7(13)5-9(12)14/h7-8,13H,1-6,11H2,(H,15,16). The molecule has 1 heterocycles. The van der Waals surface area contributed by atoms with Gasteiger partial charge >= 0.3 is 5.97 Å². The summed E-state index contributed by atoms with van der Waals surface area (Å²) >= 11 is 0. The Morgan fingerprint density at radius 3 is 2.75 bits per heavy atom. The smallest absolute Gasteiger partial charge is 0.320 e. The molecule has 1 aliphatic heterocycles. The summed E-state index contributed by atoms with van der Waals surface area (Å²) in [4.78, 5) is 23.3. The van der Waals surface area contributed by atoms with Crippen LogP contribution in [-0.4, -0.2) is 52.2 Å². The molecule has 0 radical (unpaired) electrons. The van der Waals surface area contributed by atoms with Crippen molar-refractivity contribution in [3.63, 3.8) is 0 Å². The van der Waals surface area contributed by atoms with E-state index >= 15 is 0 Å².